The summed E-state index contributed by atoms with van der Waals surface area (Å²) >= 11 is 6.16. The molecule has 0 radical (unpaired) electrons. The van der Waals surface area contributed by atoms with Crippen LogP contribution in [0.5, 0.6) is 40.5 Å². The monoisotopic (exact) mass is 628 g/mol. The summed E-state index contributed by atoms with van der Waals surface area (Å²) in [7, 11) is 7.63. The van der Waals surface area contributed by atoms with Gasteiger partial charge in [0.15, 0.2) is 23.0 Å². The molecule has 0 saturated heterocycles. The lowest BCUT2D eigenvalue weighted by atomic mass is 9.87. The summed E-state index contributed by atoms with van der Waals surface area (Å²) < 4.78 is 34.0. The summed E-state index contributed by atoms with van der Waals surface area (Å²) in [6.45, 7) is 0. The summed E-state index contributed by atoms with van der Waals surface area (Å²) in [5.74, 6) is 2.74. The van der Waals surface area contributed by atoms with E-state index in [9.17, 15) is 4.79 Å². The summed E-state index contributed by atoms with van der Waals surface area (Å²) in [6.07, 6.45) is 3.59. The molecule has 1 aliphatic heterocycles. The number of hydrogen-bond donors (Lipinski definition) is 2. The average molecular weight is 629 g/mol. The number of anilines is 1. The van der Waals surface area contributed by atoms with Gasteiger partial charge in [-0.2, -0.15) is 4.98 Å². The lowest BCUT2D eigenvalue weighted by Gasteiger charge is -2.26. The van der Waals surface area contributed by atoms with Crippen LogP contribution in [0, 0.1) is 0 Å². The third kappa shape index (κ3) is 5.53. The van der Waals surface area contributed by atoms with E-state index >= 15 is 0 Å². The topological polar surface area (TPSA) is 126 Å². The van der Waals surface area contributed by atoms with Gasteiger partial charge in [-0.25, -0.2) is 0 Å². The molecule has 0 amide bonds. The smallest absolute Gasteiger partial charge is 0.298 e. The molecule has 0 saturated carbocycles. The number of fused-ring (bicyclic) bond motifs is 2. The number of ether oxygens (including phenoxy) is 6. The highest BCUT2D eigenvalue weighted by Crippen LogP contribution is 2.44. The number of H-pyrrole nitrogens is 1. The Kier molecular flexibility index (Phi) is 8.10. The van der Waals surface area contributed by atoms with E-state index in [2.05, 4.69) is 20.3 Å². The number of rotatable bonds is 9. The first-order valence-electron chi connectivity index (χ1n) is 13.7. The fourth-order valence-electron chi connectivity index (χ4n) is 5.29. The van der Waals surface area contributed by atoms with Gasteiger partial charge in [0, 0.05) is 33.8 Å². The molecule has 0 aliphatic carbocycles. The number of hydrogen-bond acceptors (Lipinski definition) is 10. The number of nitrogens with one attached hydrogen (secondary N) is 2. The van der Waals surface area contributed by atoms with Crippen molar-refractivity contribution < 1.29 is 28.4 Å². The normalized spacial score (nSPS) is 13.7. The fourth-order valence-corrected chi connectivity index (χ4v) is 5.46. The molecule has 230 valence electrons. The highest BCUT2D eigenvalue weighted by Gasteiger charge is 2.29. The molecule has 1 atom stereocenters. The molecule has 6 rings (SSSR count). The van der Waals surface area contributed by atoms with Crippen LogP contribution in [-0.4, -0.2) is 50.5 Å². The van der Waals surface area contributed by atoms with Crippen LogP contribution in [0.25, 0.3) is 16.6 Å². The Morgan fingerprint density at radius 1 is 0.778 bits per heavy atom. The number of aromatic amines is 1. The van der Waals surface area contributed by atoms with Crippen LogP contribution in [0.3, 0.4) is 0 Å². The van der Waals surface area contributed by atoms with Gasteiger partial charge in [-0.1, -0.05) is 17.7 Å². The number of halogens is 1. The Hall–Kier alpha value is -5.42. The number of pyridine rings is 1. The van der Waals surface area contributed by atoms with Crippen molar-refractivity contribution in [1.29, 1.82) is 0 Å². The minimum Gasteiger partial charge on any atom is -0.493 e. The van der Waals surface area contributed by atoms with Crippen LogP contribution in [-0.2, 0) is 0 Å². The largest absolute Gasteiger partial charge is 0.493 e. The lowest BCUT2D eigenvalue weighted by molar-refractivity contribution is 0.324. The number of allylic oxidation sites excluding steroid dienone is 1. The third-order valence-corrected chi connectivity index (χ3v) is 7.67. The maximum atomic E-state index is 13.4. The van der Waals surface area contributed by atoms with Gasteiger partial charge < -0.3 is 33.7 Å². The van der Waals surface area contributed by atoms with E-state index in [4.69, 9.17) is 40.0 Å². The van der Waals surface area contributed by atoms with E-state index < -0.39 is 5.92 Å². The van der Waals surface area contributed by atoms with Gasteiger partial charge in [-0.15, -0.1) is 0 Å². The van der Waals surface area contributed by atoms with E-state index in [0.717, 1.165) is 16.5 Å². The Bertz CT molecular complexity index is 1990. The number of aromatic nitrogens is 3. The van der Waals surface area contributed by atoms with E-state index in [1.54, 1.807) is 58.9 Å². The van der Waals surface area contributed by atoms with Crippen molar-refractivity contribution in [2.75, 3.05) is 40.9 Å². The van der Waals surface area contributed by atoms with Gasteiger partial charge in [-0.3, -0.25) is 14.8 Å². The van der Waals surface area contributed by atoms with Crippen LogP contribution in [0.4, 0.5) is 5.82 Å². The molecule has 12 heteroatoms. The Balaban J connectivity index is 1.46. The molecule has 5 aromatic rings. The molecule has 1 unspecified atom stereocenters. The SMILES string of the molecule is COc1nc2c(c(=O)[nH]1)C(c1ccc(Oc3ccnc4cc(Cl)ccc34)c(OC)c1)C=C(c1cc(OC)c(OC)c(OC)c1)N2. The van der Waals surface area contributed by atoms with Gasteiger partial charge in [0.1, 0.15) is 11.6 Å². The molecule has 3 heterocycles. The third-order valence-electron chi connectivity index (χ3n) is 7.43. The molecule has 2 aromatic heterocycles. The maximum absolute atomic E-state index is 13.4. The predicted molar refractivity (Wildman–Crippen MR) is 171 cm³/mol. The zero-order valence-corrected chi connectivity index (χ0v) is 25.8. The van der Waals surface area contributed by atoms with Crippen LogP contribution >= 0.6 is 11.6 Å². The zero-order valence-electron chi connectivity index (χ0n) is 25.1. The molecular weight excluding hydrogens is 600 g/mol. The quantitative estimate of drug-likeness (QED) is 0.189. The summed E-state index contributed by atoms with van der Waals surface area (Å²) in [5, 5.41) is 4.67. The van der Waals surface area contributed by atoms with Crippen molar-refractivity contribution in [3.05, 3.63) is 98.9 Å². The molecule has 1 aliphatic rings. The lowest BCUT2D eigenvalue weighted by Crippen LogP contribution is -2.25. The van der Waals surface area contributed by atoms with Crippen molar-refractivity contribution in [3.8, 4) is 40.5 Å². The van der Waals surface area contributed by atoms with E-state index in [-0.39, 0.29) is 11.6 Å². The summed E-state index contributed by atoms with van der Waals surface area (Å²) in [4.78, 5) is 25.0. The molecule has 0 bridgehead atoms. The summed E-state index contributed by atoms with van der Waals surface area (Å²) in [5.41, 5.74) is 2.89. The molecule has 0 fully saturated rings. The summed E-state index contributed by atoms with van der Waals surface area (Å²) in [6, 6.07) is 16.4. The zero-order chi connectivity index (χ0) is 31.7. The molecule has 0 spiro atoms. The Morgan fingerprint density at radius 2 is 1.53 bits per heavy atom. The van der Waals surface area contributed by atoms with Gasteiger partial charge in [-0.05, 0) is 60.2 Å². The second-order valence-electron chi connectivity index (χ2n) is 9.92. The Morgan fingerprint density at radius 3 is 2.22 bits per heavy atom. The van der Waals surface area contributed by atoms with Crippen molar-refractivity contribution in [2.45, 2.75) is 5.92 Å². The number of methoxy groups -OCH3 is 5. The van der Waals surface area contributed by atoms with Crippen molar-refractivity contribution in [2.24, 2.45) is 0 Å². The van der Waals surface area contributed by atoms with Gasteiger partial charge >= 0.3 is 0 Å². The van der Waals surface area contributed by atoms with Crippen molar-refractivity contribution >= 4 is 34.0 Å². The minimum atomic E-state index is -0.538. The second-order valence-corrected chi connectivity index (χ2v) is 10.4. The molecule has 3 aromatic carbocycles. The van der Waals surface area contributed by atoms with Crippen LogP contribution < -0.4 is 39.3 Å². The predicted octanol–water partition coefficient (Wildman–Crippen LogP) is 6.41. The minimum absolute atomic E-state index is 0.0725. The first kappa shape index (κ1) is 29.6. The van der Waals surface area contributed by atoms with E-state index in [1.807, 2.05) is 36.4 Å². The van der Waals surface area contributed by atoms with Gasteiger partial charge in [0.05, 0.1) is 46.6 Å². The van der Waals surface area contributed by atoms with Crippen molar-refractivity contribution in [3.63, 3.8) is 0 Å². The second kappa shape index (κ2) is 12.3. The van der Waals surface area contributed by atoms with E-state index in [0.29, 0.717) is 62.1 Å². The maximum Gasteiger partial charge on any atom is 0.298 e. The average Bonchev–Trinajstić information content (AvgIpc) is 3.06. The fraction of sp³-hybridized carbons (Fsp3) is 0.182. The highest BCUT2D eigenvalue weighted by molar-refractivity contribution is 6.31. The Labute approximate surface area is 263 Å². The first-order valence-corrected chi connectivity index (χ1v) is 14.1. The molecule has 2 N–H and O–H groups in total. The van der Waals surface area contributed by atoms with Gasteiger partial charge in [0.25, 0.3) is 11.6 Å². The molecule has 45 heavy (non-hydrogen) atoms. The molecule has 11 nitrogen and oxygen atoms in total. The van der Waals surface area contributed by atoms with Crippen LogP contribution in [0.15, 0.2) is 71.7 Å². The van der Waals surface area contributed by atoms with Gasteiger partial charge in [0.2, 0.25) is 5.75 Å². The van der Waals surface area contributed by atoms with Crippen molar-refractivity contribution in [1.82, 2.24) is 15.0 Å². The van der Waals surface area contributed by atoms with Crippen LogP contribution in [0.2, 0.25) is 5.02 Å². The highest BCUT2D eigenvalue weighted by atomic mass is 35.5. The number of nitrogens with zero attached hydrogens (tertiary/aromatic N) is 2. The molecular formula is C33H29ClN4O7. The first-order chi connectivity index (χ1) is 21.9. The van der Waals surface area contributed by atoms with Crippen LogP contribution in [0.1, 0.15) is 22.6 Å². The van der Waals surface area contributed by atoms with E-state index in [1.165, 1.54) is 7.11 Å². The number of benzene rings is 3. The standard InChI is InChI=1S/C33H29ClN4O7/c1-40-26-12-17(6-9-25(26)45-24-10-11-35-23-15-19(34)7-8-20(23)24)21-16-22(36-31-29(21)32(39)38-33(37-31)44-5)18-13-27(41-2)30(43-4)28(14-18)42-3/h6-16,21H,1-5H3,(H2,36,37,38,39).